The number of nitrogens with one attached hydrogen (secondary N) is 2. The topological polar surface area (TPSA) is 87.2 Å². The third-order valence-electron chi connectivity index (χ3n) is 5.70. The quantitative estimate of drug-likeness (QED) is 0.701. The summed E-state index contributed by atoms with van der Waals surface area (Å²) >= 11 is 0. The highest BCUT2D eigenvalue weighted by atomic mass is 16.2. The molecule has 1 saturated carbocycles. The lowest BCUT2D eigenvalue weighted by atomic mass is 9.96. The van der Waals surface area contributed by atoms with E-state index in [-0.39, 0.29) is 18.4 Å². The molecule has 0 atom stereocenters. The van der Waals surface area contributed by atoms with E-state index >= 15 is 0 Å². The zero-order chi connectivity index (χ0) is 20.7. The third-order valence-corrected chi connectivity index (χ3v) is 5.70. The van der Waals surface area contributed by atoms with Crippen LogP contribution in [0.3, 0.4) is 0 Å². The molecule has 3 aromatic rings. The van der Waals surface area contributed by atoms with Gasteiger partial charge in [0.1, 0.15) is 0 Å². The highest BCUT2D eigenvalue weighted by molar-refractivity contribution is 5.98. The minimum absolute atomic E-state index is 0.00594. The maximum absolute atomic E-state index is 12.5. The summed E-state index contributed by atoms with van der Waals surface area (Å²) < 4.78 is 0. The van der Waals surface area contributed by atoms with Crippen LogP contribution in [0.15, 0.2) is 42.6 Å². The fraction of sp³-hybridized carbons (Fsp3) is 0.304. The molecule has 7 nitrogen and oxygen atoms in total. The summed E-state index contributed by atoms with van der Waals surface area (Å²) in [6.45, 7) is 3.64. The Bertz CT molecular complexity index is 1160. The maximum atomic E-state index is 12.5. The van der Waals surface area contributed by atoms with Crippen LogP contribution in [0.1, 0.15) is 28.8 Å². The fourth-order valence-electron chi connectivity index (χ4n) is 3.86. The van der Waals surface area contributed by atoms with Crippen LogP contribution in [0.2, 0.25) is 0 Å². The monoisotopic (exact) mass is 401 g/mol. The molecule has 152 valence electrons. The van der Waals surface area contributed by atoms with Crippen molar-refractivity contribution in [1.82, 2.24) is 20.8 Å². The van der Waals surface area contributed by atoms with Gasteiger partial charge < -0.3 is 15.5 Å². The Balaban J connectivity index is 1.51. The van der Waals surface area contributed by atoms with Crippen LogP contribution in [0.5, 0.6) is 0 Å². The first-order valence-corrected chi connectivity index (χ1v) is 10.3. The first-order chi connectivity index (χ1) is 14.6. The van der Waals surface area contributed by atoms with Crippen molar-refractivity contribution < 1.29 is 9.59 Å². The number of aromatic nitrogens is 2. The van der Waals surface area contributed by atoms with Gasteiger partial charge in [0, 0.05) is 35.5 Å². The number of nitrogens with zero attached hydrogens (tertiary/aromatic N) is 3. The van der Waals surface area contributed by atoms with Crippen molar-refractivity contribution in [2.45, 2.75) is 25.8 Å². The van der Waals surface area contributed by atoms with Crippen molar-refractivity contribution in [2.24, 2.45) is 0 Å². The van der Waals surface area contributed by atoms with Crippen LogP contribution in [0.4, 0.5) is 5.82 Å². The summed E-state index contributed by atoms with van der Waals surface area (Å²) in [5.41, 5.74) is 3.83. The Kier molecular flexibility index (Phi) is 4.58. The lowest BCUT2D eigenvalue weighted by Gasteiger charge is -2.28. The number of aryl methyl sites for hydroxylation is 1. The molecule has 2 N–H and O–H groups in total. The molecule has 2 fully saturated rings. The number of carbonyl (C=O) groups excluding carboxylic acids is 2. The van der Waals surface area contributed by atoms with Gasteiger partial charge in [-0.05, 0) is 60.7 Å². The van der Waals surface area contributed by atoms with E-state index in [0.29, 0.717) is 24.7 Å². The largest absolute Gasteiger partial charge is 0.353 e. The molecule has 0 bridgehead atoms. The number of fused-ring (bicyclic) bond motifs is 1. The average molecular weight is 401 g/mol. The number of piperazine rings is 1. The fourth-order valence-corrected chi connectivity index (χ4v) is 3.86. The van der Waals surface area contributed by atoms with Crippen LogP contribution < -0.4 is 15.5 Å². The number of anilines is 1. The molecule has 30 heavy (non-hydrogen) atoms. The molecule has 1 aliphatic heterocycles. The maximum Gasteiger partial charge on any atom is 0.251 e. The molecule has 2 heterocycles. The second-order valence-corrected chi connectivity index (χ2v) is 8.02. The van der Waals surface area contributed by atoms with Gasteiger partial charge in [0.15, 0.2) is 5.82 Å². The highest BCUT2D eigenvalue weighted by Crippen LogP contribution is 2.31. The molecular weight excluding hydrogens is 378 g/mol. The van der Waals surface area contributed by atoms with Crippen molar-refractivity contribution in [1.29, 1.82) is 0 Å². The molecule has 1 saturated heterocycles. The minimum Gasteiger partial charge on any atom is -0.353 e. The second-order valence-electron chi connectivity index (χ2n) is 8.02. The van der Waals surface area contributed by atoms with Crippen molar-refractivity contribution in [3.05, 3.63) is 53.7 Å². The van der Waals surface area contributed by atoms with Crippen LogP contribution in [0.25, 0.3) is 21.9 Å². The van der Waals surface area contributed by atoms with E-state index in [0.717, 1.165) is 46.1 Å². The summed E-state index contributed by atoms with van der Waals surface area (Å²) in [6, 6.07) is 12.3. The molecule has 1 aliphatic carbocycles. The lowest BCUT2D eigenvalue weighted by molar-refractivity contribution is -0.120. The van der Waals surface area contributed by atoms with Gasteiger partial charge in [0.2, 0.25) is 5.91 Å². The third kappa shape index (κ3) is 3.58. The first kappa shape index (κ1) is 18.5. The van der Waals surface area contributed by atoms with Gasteiger partial charge in [-0.2, -0.15) is 5.10 Å². The number of rotatable bonds is 4. The van der Waals surface area contributed by atoms with E-state index in [1.54, 1.807) is 6.20 Å². The average Bonchev–Trinajstić information content (AvgIpc) is 3.57. The molecule has 0 spiro atoms. The summed E-state index contributed by atoms with van der Waals surface area (Å²) in [4.78, 5) is 26.2. The normalized spacial score (nSPS) is 16.4. The first-order valence-electron chi connectivity index (χ1n) is 10.3. The highest BCUT2D eigenvalue weighted by Gasteiger charge is 2.24. The Morgan fingerprint density at radius 3 is 2.87 bits per heavy atom. The van der Waals surface area contributed by atoms with Crippen LogP contribution in [-0.4, -0.2) is 47.7 Å². The molecule has 2 amide bonds. The summed E-state index contributed by atoms with van der Waals surface area (Å²) in [7, 11) is 0. The predicted octanol–water partition coefficient (Wildman–Crippen LogP) is 2.43. The van der Waals surface area contributed by atoms with E-state index in [9.17, 15) is 9.59 Å². The summed E-state index contributed by atoms with van der Waals surface area (Å²) in [5, 5.41) is 16.3. The van der Waals surface area contributed by atoms with Gasteiger partial charge >= 0.3 is 0 Å². The Morgan fingerprint density at radius 1 is 1.20 bits per heavy atom. The minimum atomic E-state index is -0.0175. The summed E-state index contributed by atoms with van der Waals surface area (Å²) in [6.07, 6.45) is 3.87. The number of carbonyl (C=O) groups is 2. The van der Waals surface area contributed by atoms with Gasteiger partial charge in [0.25, 0.3) is 5.91 Å². The second kappa shape index (κ2) is 7.40. The van der Waals surface area contributed by atoms with Gasteiger partial charge in [-0.15, -0.1) is 5.10 Å². The van der Waals surface area contributed by atoms with E-state index < -0.39 is 0 Å². The zero-order valence-corrected chi connectivity index (χ0v) is 16.8. The van der Waals surface area contributed by atoms with Crippen LogP contribution in [0, 0.1) is 6.92 Å². The van der Waals surface area contributed by atoms with E-state index in [4.69, 9.17) is 0 Å². The SMILES string of the molecule is Cc1ccc(C(=O)NC2CC2)cc1-c1ccc2c(N3CCNC(=O)C3)nncc2c1. The van der Waals surface area contributed by atoms with Gasteiger partial charge in [-0.25, -0.2) is 0 Å². The molecule has 2 aromatic carbocycles. The smallest absolute Gasteiger partial charge is 0.251 e. The van der Waals surface area contributed by atoms with Gasteiger partial charge in [0.05, 0.1) is 12.7 Å². The molecule has 2 aliphatic rings. The van der Waals surface area contributed by atoms with Crippen LogP contribution in [-0.2, 0) is 4.79 Å². The Morgan fingerprint density at radius 2 is 2.07 bits per heavy atom. The number of amides is 2. The standard InChI is InChI=1S/C23H23N5O2/c1-14-2-3-16(23(30)26-18-5-6-18)11-20(14)15-4-7-19-17(10-15)12-25-27-22(19)28-9-8-24-21(29)13-28/h2-4,7,10-12,18H,5-6,8-9,13H2,1H3,(H,24,29)(H,26,30). The number of hydrogen-bond donors (Lipinski definition) is 2. The molecule has 0 unspecified atom stereocenters. The van der Waals surface area contributed by atoms with E-state index in [1.165, 1.54) is 0 Å². The summed E-state index contributed by atoms with van der Waals surface area (Å²) in [5.74, 6) is 0.702. The van der Waals surface area contributed by atoms with Crippen LogP contribution >= 0.6 is 0 Å². The molecule has 1 aromatic heterocycles. The molecule has 5 rings (SSSR count). The molecule has 7 heteroatoms. The Hall–Kier alpha value is -3.48. The lowest BCUT2D eigenvalue weighted by Crippen LogP contribution is -2.48. The van der Waals surface area contributed by atoms with Gasteiger partial charge in [-0.1, -0.05) is 12.1 Å². The van der Waals surface area contributed by atoms with Crippen molar-refractivity contribution in [2.75, 3.05) is 24.5 Å². The van der Waals surface area contributed by atoms with Crippen molar-refractivity contribution >= 4 is 28.4 Å². The zero-order valence-electron chi connectivity index (χ0n) is 16.8. The molecular formula is C23H23N5O2. The van der Waals surface area contributed by atoms with Crippen molar-refractivity contribution in [3.63, 3.8) is 0 Å². The molecule has 0 radical (unpaired) electrons. The number of hydrogen-bond acceptors (Lipinski definition) is 5. The van der Waals surface area contributed by atoms with Gasteiger partial charge in [-0.3, -0.25) is 9.59 Å². The van der Waals surface area contributed by atoms with Crippen molar-refractivity contribution in [3.8, 4) is 11.1 Å². The Labute approximate surface area is 174 Å². The van der Waals surface area contributed by atoms with E-state index in [1.807, 2.05) is 42.2 Å². The predicted molar refractivity (Wildman–Crippen MR) is 115 cm³/mol. The van der Waals surface area contributed by atoms with E-state index in [2.05, 4.69) is 26.9 Å². The number of benzene rings is 2.